The van der Waals surface area contributed by atoms with Crippen molar-refractivity contribution in [3.8, 4) is 11.1 Å². The number of ether oxygens (including phenoxy) is 2. The van der Waals surface area contributed by atoms with Crippen molar-refractivity contribution < 1.29 is 24.2 Å². The van der Waals surface area contributed by atoms with Gasteiger partial charge in [-0.2, -0.15) is 0 Å². The molecule has 1 aliphatic carbocycles. The van der Waals surface area contributed by atoms with E-state index in [1.807, 2.05) is 48.5 Å². The first-order chi connectivity index (χ1) is 13.5. The number of carboxylic acid groups (broad SMARTS) is 1. The van der Waals surface area contributed by atoms with Crippen LogP contribution in [0.25, 0.3) is 11.1 Å². The molecule has 0 aliphatic heterocycles. The molecule has 1 aliphatic rings. The molecule has 0 bridgehead atoms. The van der Waals surface area contributed by atoms with Gasteiger partial charge in [-0.1, -0.05) is 48.5 Å². The van der Waals surface area contributed by atoms with E-state index in [0.29, 0.717) is 0 Å². The predicted octanol–water partition coefficient (Wildman–Crippen LogP) is 2.34. The van der Waals surface area contributed by atoms with Gasteiger partial charge >= 0.3 is 12.1 Å². The Bertz CT molecular complexity index is 807. The van der Waals surface area contributed by atoms with Crippen LogP contribution in [-0.2, 0) is 14.3 Å². The highest BCUT2D eigenvalue weighted by Crippen LogP contribution is 2.44. The number of fused-ring (bicyclic) bond motifs is 3. The summed E-state index contributed by atoms with van der Waals surface area (Å²) in [5.74, 6) is -1.28. The Morgan fingerprint density at radius 1 is 1.07 bits per heavy atom. The molecule has 4 N–H and O–H groups in total. The van der Waals surface area contributed by atoms with Crippen molar-refractivity contribution in [1.29, 1.82) is 0 Å². The summed E-state index contributed by atoms with van der Waals surface area (Å²) in [7, 11) is 0. The second kappa shape index (κ2) is 8.86. The van der Waals surface area contributed by atoms with Gasteiger partial charge in [0.2, 0.25) is 0 Å². The topological polar surface area (TPSA) is 111 Å². The van der Waals surface area contributed by atoms with E-state index in [1.165, 1.54) is 0 Å². The zero-order valence-corrected chi connectivity index (χ0v) is 15.6. The van der Waals surface area contributed by atoms with Gasteiger partial charge in [-0.3, -0.25) is 0 Å². The zero-order chi connectivity index (χ0) is 20.1. The number of hydrogen-bond acceptors (Lipinski definition) is 5. The smallest absolute Gasteiger partial charge is 0.407 e. The lowest BCUT2D eigenvalue weighted by molar-refractivity contribution is -0.141. The summed E-state index contributed by atoms with van der Waals surface area (Å²) >= 11 is 0. The molecule has 3 rings (SSSR count). The maximum atomic E-state index is 12.2. The number of amides is 1. The summed E-state index contributed by atoms with van der Waals surface area (Å²) < 4.78 is 10.6. The van der Waals surface area contributed by atoms with Crippen molar-refractivity contribution in [2.24, 2.45) is 5.73 Å². The molecule has 1 amide bonds. The fourth-order valence-corrected chi connectivity index (χ4v) is 3.33. The third-order valence-corrected chi connectivity index (χ3v) is 4.60. The minimum atomic E-state index is -1.20. The number of nitrogens with two attached hydrogens (primary N) is 1. The first kappa shape index (κ1) is 19.9. The number of aliphatic carboxylic acids is 1. The van der Waals surface area contributed by atoms with E-state index >= 15 is 0 Å². The molecule has 0 saturated carbocycles. The normalized spacial score (nSPS) is 14.6. The van der Waals surface area contributed by atoms with Crippen LogP contribution in [0.15, 0.2) is 48.5 Å². The van der Waals surface area contributed by atoms with Crippen LogP contribution >= 0.6 is 0 Å². The van der Waals surface area contributed by atoms with Crippen LogP contribution in [0.2, 0.25) is 0 Å². The van der Waals surface area contributed by atoms with Crippen molar-refractivity contribution in [3.63, 3.8) is 0 Å². The van der Waals surface area contributed by atoms with Gasteiger partial charge in [0.25, 0.3) is 0 Å². The van der Waals surface area contributed by atoms with Gasteiger partial charge in [-0.15, -0.1) is 0 Å². The number of hydrogen-bond donors (Lipinski definition) is 3. The summed E-state index contributed by atoms with van der Waals surface area (Å²) in [6.07, 6.45) is -0.793. The Hall–Kier alpha value is -2.90. The number of carbonyl (C=O) groups is 2. The number of alkyl carbamates (subject to hydrolysis) is 1. The van der Waals surface area contributed by atoms with E-state index in [9.17, 15) is 14.7 Å². The highest BCUT2D eigenvalue weighted by molar-refractivity contribution is 5.81. The summed E-state index contributed by atoms with van der Waals surface area (Å²) in [4.78, 5) is 23.5. The van der Waals surface area contributed by atoms with Crippen molar-refractivity contribution in [3.05, 3.63) is 59.7 Å². The van der Waals surface area contributed by atoms with Gasteiger partial charge in [0.05, 0.1) is 13.2 Å². The molecule has 2 aromatic carbocycles. The summed E-state index contributed by atoms with van der Waals surface area (Å²) in [5.41, 5.74) is 10.00. The maximum Gasteiger partial charge on any atom is 0.407 e. The van der Waals surface area contributed by atoms with Crippen molar-refractivity contribution in [2.75, 3.05) is 19.8 Å². The highest BCUT2D eigenvalue weighted by Gasteiger charge is 2.29. The van der Waals surface area contributed by atoms with Crippen LogP contribution in [0.5, 0.6) is 0 Å². The molecule has 7 nitrogen and oxygen atoms in total. The van der Waals surface area contributed by atoms with E-state index in [2.05, 4.69) is 5.32 Å². The maximum absolute atomic E-state index is 12.2. The number of rotatable bonds is 8. The van der Waals surface area contributed by atoms with E-state index in [-0.39, 0.29) is 31.8 Å². The van der Waals surface area contributed by atoms with Crippen LogP contribution in [0, 0.1) is 0 Å². The number of carbonyl (C=O) groups excluding carboxylic acids is 1. The van der Waals surface area contributed by atoms with Crippen LogP contribution in [0.4, 0.5) is 4.79 Å². The minimum absolute atomic E-state index is 0.0873. The van der Waals surface area contributed by atoms with Crippen LogP contribution in [0.3, 0.4) is 0 Å². The predicted molar refractivity (Wildman–Crippen MR) is 104 cm³/mol. The molecule has 0 saturated heterocycles. The molecular formula is C21H24N2O5. The minimum Gasteiger partial charge on any atom is -0.480 e. The third-order valence-electron chi connectivity index (χ3n) is 4.60. The van der Waals surface area contributed by atoms with Gasteiger partial charge in [-0.05, 0) is 29.2 Å². The molecule has 0 radical (unpaired) electrons. The Labute approximate surface area is 163 Å². The summed E-state index contributed by atoms with van der Waals surface area (Å²) in [6.45, 7) is 1.89. The Kier molecular flexibility index (Phi) is 6.28. The van der Waals surface area contributed by atoms with E-state index in [4.69, 9.17) is 15.2 Å². The Morgan fingerprint density at radius 2 is 1.64 bits per heavy atom. The highest BCUT2D eigenvalue weighted by atomic mass is 16.5. The van der Waals surface area contributed by atoms with Crippen molar-refractivity contribution in [2.45, 2.75) is 24.9 Å². The molecule has 0 aromatic heterocycles. The third kappa shape index (κ3) is 4.49. The fourth-order valence-electron chi connectivity index (χ4n) is 3.33. The first-order valence-corrected chi connectivity index (χ1v) is 9.15. The molecule has 0 heterocycles. The van der Waals surface area contributed by atoms with Gasteiger partial charge < -0.3 is 25.6 Å². The molecule has 148 valence electrons. The monoisotopic (exact) mass is 384 g/mol. The second-order valence-electron chi connectivity index (χ2n) is 6.88. The molecule has 28 heavy (non-hydrogen) atoms. The second-order valence-corrected chi connectivity index (χ2v) is 6.88. The summed E-state index contributed by atoms with van der Waals surface area (Å²) in [6, 6.07) is 14.6. The number of benzene rings is 2. The summed E-state index contributed by atoms with van der Waals surface area (Å²) in [5, 5.41) is 11.6. The van der Waals surface area contributed by atoms with E-state index in [1.54, 1.807) is 6.92 Å². The van der Waals surface area contributed by atoms with Crippen LogP contribution in [0.1, 0.15) is 24.0 Å². The lowest BCUT2D eigenvalue weighted by Gasteiger charge is -2.18. The molecule has 0 fully saturated rings. The average Bonchev–Trinajstić information content (AvgIpc) is 2.99. The van der Waals surface area contributed by atoms with E-state index < -0.39 is 18.1 Å². The molecule has 0 spiro atoms. The Morgan fingerprint density at radius 3 is 2.18 bits per heavy atom. The standard InChI is InChI=1S/C21H24N2O5/c1-13(22)10-27-12-19(20(24)25)23-21(26)28-11-18-16-8-4-2-6-14(16)15-7-3-5-9-17(15)18/h2-9,13,18-19H,10-12,22H2,1H3,(H,23,26)(H,24,25). The fraction of sp³-hybridized carbons (Fsp3) is 0.333. The molecule has 2 atom stereocenters. The molecule has 2 aromatic rings. The molecular weight excluding hydrogens is 360 g/mol. The Balaban J connectivity index is 1.62. The number of carboxylic acids is 1. The zero-order valence-electron chi connectivity index (χ0n) is 15.6. The molecule has 2 unspecified atom stereocenters. The van der Waals surface area contributed by atoms with Gasteiger partial charge in [-0.25, -0.2) is 9.59 Å². The van der Waals surface area contributed by atoms with Crippen LogP contribution in [-0.4, -0.2) is 49.1 Å². The van der Waals surface area contributed by atoms with E-state index in [0.717, 1.165) is 22.3 Å². The van der Waals surface area contributed by atoms with Gasteiger partial charge in [0.15, 0.2) is 6.04 Å². The van der Waals surface area contributed by atoms with Crippen molar-refractivity contribution >= 4 is 12.1 Å². The average molecular weight is 384 g/mol. The van der Waals surface area contributed by atoms with Gasteiger partial charge in [0.1, 0.15) is 6.61 Å². The lowest BCUT2D eigenvalue weighted by atomic mass is 9.98. The lowest BCUT2D eigenvalue weighted by Crippen LogP contribution is -2.45. The van der Waals surface area contributed by atoms with Crippen LogP contribution < -0.4 is 11.1 Å². The number of nitrogens with one attached hydrogen (secondary N) is 1. The SMILES string of the molecule is CC(N)COCC(NC(=O)OCC1c2ccccc2-c2ccccc21)C(=O)O. The first-order valence-electron chi connectivity index (χ1n) is 9.15. The molecule has 7 heteroatoms. The van der Waals surface area contributed by atoms with Crippen molar-refractivity contribution in [1.82, 2.24) is 5.32 Å². The van der Waals surface area contributed by atoms with Gasteiger partial charge in [0, 0.05) is 12.0 Å². The quantitative estimate of drug-likeness (QED) is 0.644. The largest absolute Gasteiger partial charge is 0.480 e.